The van der Waals surface area contributed by atoms with Gasteiger partial charge in [0.15, 0.2) is 5.96 Å². The lowest BCUT2D eigenvalue weighted by Gasteiger charge is -2.28. The van der Waals surface area contributed by atoms with Crippen LogP contribution >= 0.6 is 25.3 Å². The molecule has 0 radical (unpaired) electrons. The van der Waals surface area contributed by atoms with Gasteiger partial charge in [-0.1, -0.05) is 30.3 Å². The number of nitrogens with one attached hydrogen (secondary N) is 9. The first kappa shape index (κ1) is 63.1. The zero-order valence-electron chi connectivity index (χ0n) is 40.8. The summed E-state index contributed by atoms with van der Waals surface area (Å²) in [5, 5.41) is 48.9. The predicted octanol–water partition coefficient (Wildman–Crippen LogP) is -5.60. The molecular formula is C44H69N15O13S2. The molecule has 0 aliphatic heterocycles. The van der Waals surface area contributed by atoms with Crippen molar-refractivity contribution in [3.05, 3.63) is 54.1 Å². The first-order chi connectivity index (χ1) is 35.0. The van der Waals surface area contributed by atoms with Crippen molar-refractivity contribution in [2.75, 3.05) is 24.6 Å². The van der Waals surface area contributed by atoms with E-state index in [1.54, 1.807) is 30.3 Å². The van der Waals surface area contributed by atoms with Crippen LogP contribution in [0, 0.1) is 0 Å². The van der Waals surface area contributed by atoms with Crippen molar-refractivity contribution < 1.29 is 63.3 Å². The van der Waals surface area contributed by atoms with Crippen molar-refractivity contribution in [3.8, 4) is 0 Å². The number of H-pyrrole nitrogens is 1. The average Bonchev–Trinajstić information content (AvgIpc) is 3.86. The molecule has 1 aromatic carbocycles. The van der Waals surface area contributed by atoms with E-state index in [1.165, 1.54) is 12.5 Å². The number of rotatable bonds is 34. The van der Waals surface area contributed by atoms with Crippen molar-refractivity contribution in [3.63, 3.8) is 0 Å². The number of aliphatic carboxylic acids is 2. The summed E-state index contributed by atoms with van der Waals surface area (Å²) in [5.41, 5.74) is 23.5. The molecule has 28 nitrogen and oxygen atoms in total. The normalized spacial score (nSPS) is 15.0. The average molecular weight is 1080 g/mol. The van der Waals surface area contributed by atoms with Gasteiger partial charge in [0.25, 0.3) is 0 Å². The fraction of sp³-hybridized carbons (Fsp3) is 0.545. The van der Waals surface area contributed by atoms with Crippen molar-refractivity contribution >= 4 is 90.4 Å². The van der Waals surface area contributed by atoms with E-state index in [4.69, 9.17) is 22.9 Å². The van der Waals surface area contributed by atoms with Crippen LogP contribution in [0.15, 0.2) is 47.8 Å². The highest BCUT2D eigenvalue weighted by atomic mass is 32.1. The summed E-state index contributed by atoms with van der Waals surface area (Å²) in [5.74, 6) is -11.7. The van der Waals surface area contributed by atoms with E-state index in [0.717, 1.165) is 19.4 Å². The number of amides is 8. The molecule has 2 aromatic rings. The van der Waals surface area contributed by atoms with E-state index in [-0.39, 0.29) is 56.1 Å². The fourth-order valence-electron chi connectivity index (χ4n) is 6.77. The second-order valence-electron chi connectivity index (χ2n) is 16.9. The number of thiol groups is 2. The maximum Gasteiger partial charge on any atom is 0.326 e. The second-order valence-corrected chi connectivity index (χ2v) is 17.7. The summed E-state index contributed by atoms with van der Waals surface area (Å²) in [6, 6.07) is -4.36. The number of guanidine groups is 1. The van der Waals surface area contributed by atoms with Crippen LogP contribution in [0.5, 0.6) is 0 Å². The van der Waals surface area contributed by atoms with Gasteiger partial charge in [-0.05, 0) is 64.5 Å². The molecule has 0 bridgehead atoms. The molecule has 410 valence electrons. The summed E-state index contributed by atoms with van der Waals surface area (Å²) in [7, 11) is 0. The molecule has 0 unspecified atom stereocenters. The number of carbonyl (C=O) groups is 10. The number of benzene rings is 1. The third kappa shape index (κ3) is 22.8. The highest BCUT2D eigenvalue weighted by Gasteiger charge is 2.36. The van der Waals surface area contributed by atoms with Crippen LogP contribution in [0.2, 0.25) is 0 Å². The molecule has 0 aliphatic carbocycles. The molecule has 2 rings (SSSR count). The van der Waals surface area contributed by atoms with E-state index < -0.39 is 126 Å². The standard InChI is InChI=1S/C44H69N15O13S2/c1-22(35(63)57-31(19-73)41(69)58-32(20-74)40(68)54-28(43(71)72)12-8-14-50-44(47)48)52-38(66)30(17-33(61)62)56-42(70)34(23(2)60)59-39(67)29(16-25-18-49-21-51-25)55-37(65)27(11-6-7-13-45)53-36(64)26(46)15-24-9-4-3-5-10-24/h3-5,9-10,18,21-23,26-32,34,60,73-74H,6-8,11-17,19-20,45-46H2,1-2H3,(H,49,51)(H,52,66)(H,53,64)(H,54,68)(H,55,65)(H,56,70)(H,57,63)(H,58,69)(H,59,67)(H,61,62)(H,71,72)(H4,47,48,50)/t22-,23+,26-,27-,28-,29-,30-,31-,32-,34-/m0/s1. The first-order valence-corrected chi connectivity index (χ1v) is 24.6. The Morgan fingerprint density at radius 1 is 0.649 bits per heavy atom. The Kier molecular flexibility index (Phi) is 28.1. The maximum atomic E-state index is 14.0. The monoisotopic (exact) mass is 1080 g/mol. The lowest BCUT2D eigenvalue weighted by Crippen LogP contribution is -2.62. The molecule has 30 heteroatoms. The molecule has 0 spiro atoms. The molecule has 0 saturated carbocycles. The second kappa shape index (κ2) is 32.9. The molecule has 1 aromatic heterocycles. The minimum absolute atomic E-state index is 0.0675. The SMILES string of the molecule is C[C@H](NC(=O)[C@H](CC(=O)O)NC(=O)[C@@H](NC(=O)[C@H](Cc1cnc[nH]1)NC(=O)[C@H](CCCCN)NC(=O)[C@@H](N)Cc1ccccc1)[C@@H](C)O)C(=O)N[C@@H](CS)C(=O)N[C@@H](CS)C(=O)N[C@@H](CCCN=C(N)N)C(=O)O. The minimum atomic E-state index is -1.93. The number of nitrogens with two attached hydrogens (primary N) is 4. The number of carboxylic acids is 2. The lowest BCUT2D eigenvalue weighted by atomic mass is 10.0. The van der Waals surface area contributed by atoms with Gasteiger partial charge in [-0.25, -0.2) is 9.78 Å². The smallest absolute Gasteiger partial charge is 0.326 e. The molecule has 74 heavy (non-hydrogen) atoms. The Morgan fingerprint density at radius 3 is 1.72 bits per heavy atom. The summed E-state index contributed by atoms with van der Waals surface area (Å²) in [4.78, 5) is 142. The highest BCUT2D eigenvalue weighted by Crippen LogP contribution is 2.09. The molecule has 8 amide bonds. The number of nitrogens with zero attached hydrogens (tertiary/aromatic N) is 2. The number of aliphatic hydroxyl groups is 1. The summed E-state index contributed by atoms with van der Waals surface area (Å²) in [6.07, 6.45) is 0.931. The number of aromatic nitrogens is 2. The zero-order valence-corrected chi connectivity index (χ0v) is 42.6. The van der Waals surface area contributed by atoms with Crippen LogP contribution in [0.4, 0.5) is 0 Å². The Labute approximate surface area is 437 Å². The molecular weight excluding hydrogens is 1010 g/mol. The van der Waals surface area contributed by atoms with E-state index in [2.05, 4.69) is 82.8 Å². The van der Waals surface area contributed by atoms with E-state index in [9.17, 15) is 63.3 Å². The lowest BCUT2D eigenvalue weighted by molar-refractivity contribution is -0.142. The number of unbranched alkanes of at least 4 members (excludes halogenated alkanes) is 1. The number of carboxylic acid groups (broad SMARTS) is 2. The highest BCUT2D eigenvalue weighted by molar-refractivity contribution is 7.80. The number of carbonyl (C=O) groups excluding carboxylic acids is 8. The van der Waals surface area contributed by atoms with Gasteiger partial charge in [0.1, 0.15) is 48.3 Å². The van der Waals surface area contributed by atoms with Crippen molar-refractivity contribution in [1.82, 2.24) is 52.5 Å². The Balaban J connectivity index is 2.20. The van der Waals surface area contributed by atoms with Crippen molar-refractivity contribution in [2.24, 2.45) is 27.9 Å². The molecule has 20 N–H and O–H groups in total. The summed E-state index contributed by atoms with van der Waals surface area (Å²) < 4.78 is 0. The van der Waals surface area contributed by atoms with E-state index >= 15 is 0 Å². The number of aromatic amines is 1. The van der Waals surface area contributed by atoms with Gasteiger partial charge >= 0.3 is 11.9 Å². The van der Waals surface area contributed by atoms with Gasteiger partial charge < -0.3 is 85.8 Å². The van der Waals surface area contributed by atoms with Crippen LogP contribution in [0.25, 0.3) is 0 Å². The van der Waals surface area contributed by atoms with Gasteiger partial charge in [0.05, 0.1) is 24.9 Å². The Morgan fingerprint density at radius 2 is 1.18 bits per heavy atom. The van der Waals surface area contributed by atoms with Gasteiger partial charge in [0.2, 0.25) is 47.3 Å². The Bertz CT molecular complexity index is 2220. The van der Waals surface area contributed by atoms with Crippen LogP contribution in [-0.2, 0) is 60.8 Å². The van der Waals surface area contributed by atoms with Gasteiger partial charge in [0, 0.05) is 36.4 Å². The van der Waals surface area contributed by atoms with Gasteiger partial charge in [-0.15, -0.1) is 0 Å². The quantitative estimate of drug-likeness (QED) is 0.0134. The topological polar surface area (TPSA) is 473 Å². The maximum absolute atomic E-state index is 14.0. The predicted molar refractivity (Wildman–Crippen MR) is 274 cm³/mol. The van der Waals surface area contributed by atoms with Crippen LogP contribution in [0.1, 0.15) is 63.6 Å². The number of hydrogen-bond donors (Lipinski definition) is 18. The van der Waals surface area contributed by atoms with E-state index in [0.29, 0.717) is 25.1 Å². The fourth-order valence-corrected chi connectivity index (χ4v) is 7.29. The van der Waals surface area contributed by atoms with Crippen molar-refractivity contribution in [1.29, 1.82) is 0 Å². The number of hydrogen-bond acceptors (Lipinski definition) is 17. The number of aliphatic hydroxyl groups excluding tert-OH is 1. The molecule has 0 aliphatic rings. The molecule has 0 saturated heterocycles. The number of imidazole rings is 1. The molecule has 1 heterocycles. The Hall–Kier alpha value is -7.02. The minimum Gasteiger partial charge on any atom is -0.481 e. The van der Waals surface area contributed by atoms with Crippen LogP contribution in [0.3, 0.4) is 0 Å². The zero-order chi connectivity index (χ0) is 55.5. The first-order valence-electron chi connectivity index (χ1n) is 23.3. The van der Waals surface area contributed by atoms with Crippen molar-refractivity contribution in [2.45, 2.75) is 126 Å². The summed E-state index contributed by atoms with van der Waals surface area (Å²) in [6.45, 7) is 2.64. The van der Waals surface area contributed by atoms with Gasteiger partial charge in [-0.3, -0.25) is 48.1 Å². The third-order valence-electron chi connectivity index (χ3n) is 10.8. The van der Waals surface area contributed by atoms with Gasteiger partial charge in [-0.2, -0.15) is 25.3 Å². The molecule has 10 atom stereocenters. The molecule has 0 fully saturated rings. The number of aliphatic imine (C=N–C) groups is 1. The summed E-state index contributed by atoms with van der Waals surface area (Å²) >= 11 is 8.16. The third-order valence-corrected chi connectivity index (χ3v) is 11.6. The van der Waals surface area contributed by atoms with E-state index in [1.807, 2.05) is 0 Å². The van der Waals surface area contributed by atoms with Crippen LogP contribution < -0.4 is 65.5 Å². The van der Waals surface area contributed by atoms with Crippen LogP contribution in [-0.4, -0.2) is 176 Å². The largest absolute Gasteiger partial charge is 0.481 e.